The summed E-state index contributed by atoms with van der Waals surface area (Å²) in [4.78, 5) is 8.95. The van der Waals surface area contributed by atoms with E-state index in [-0.39, 0.29) is 0 Å². The lowest BCUT2D eigenvalue weighted by atomic mass is 10.2. The van der Waals surface area contributed by atoms with Gasteiger partial charge in [0, 0.05) is 22.5 Å². The van der Waals surface area contributed by atoms with Gasteiger partial charge >= 0.3 is 0 Å². The molecule has 0 unspecified atom stereocenters. The van der Waals surface area contributed by atoms with Crippen molar-refractivity contribution in [3.8, 4) is 5.75 Å². The van der Waals surface area contributed by atoms with Gasteiger partial charge in [-0.05, 0) is 49.7 Å². The minimum atomic E-state index is 0.497. The first-order chi connectivity index (χ1) is 12.0. The van der Waals surface area contributed by atoms with Crippen molar-refractivity contribution in [3.05, 3.63) is 64.8 Å². The molecule has 0 radical (unpaired) electrons. The summed E-state index contributed by atoms with van der Waals surface area (Å²) < 4.78 is 5.41. The third-order valence-electron chi connectivity index (χ3n) is 3.55. The van der Waals surface area contributed by atoms with Gasteiger partial charge in [-0.3, -0.25) is 0 Å². The molecule has 5 nitrogen and oxygen atoms in total. The van der Waals surface area contributed by atoms with Gasteiger partial charge in [0.25, 0.3) is 0 Å². The molecule has 2 N–H and O–H groups in total. The molecule has 2 aromatic carbocycles. The molecule has 0 aliphatic rings. The van der Waals surface area contributed by atoms with Gasteiger partial charge in [0.15, 0.2) is 0 Å². The number of hydrogen-bond donors (Lipinski definition) is 2. The number of anilines is 4. The summed E-state index contributed by atoms with van der Waals surface area (Å²) in [6.07, 6.45) is 0. The predicted molar refractivity (Wildman–Crippen MR) is 103 cm³/mol. The minimum absolute atomic E-state index is 0.497. The van der Waals surface area contributed by atoms with Crippen molar-refractivity contribution < 1.29 is 4.74 Å². The lowest BCUT2D eigenvalue weighted by Crippen LogP contribution is -2.03. The molecule has 0 fully saturated rings. The normalized spacial score (nSPS) is 10.4. The van der Waals surface area contributed by atoms with Crippen LogP contribution in [0, 0.1) is 13.8 Å². The molecule has 1 heterocycles. The molecule has 25 heavy (non-hydrogen) atoms. The summed E-state index contributed by atoms with van der Waals surface area (Å²) in [5.41, 5.74) is 3.66. The molecule has 128 valence electrons. The number of aryl methyl sites for hydroxylation is 2. The molecule has 3 aromatic rings. The number of nitrogens with one attached hydrogen (secondary N) is 2. The van der Waals surface area contributed by atoms with Crippen molar-refractivity contribution in [2.24, 2.45) is 0 Å². The second-order valence-corrected chi connectivity index (χ2v) is 6.12. The molecule has 0 bridgehead atoms. The molecule has 0 aliphatic carbocycles. The fourth-order valence-corrected chi connectivity index (χ4v) is 2.63. The van der Waals surface area contributed by atoms with Crippen molar-refractivity contribution in [3.63, 3.8) is 0 Å². The fraction of sp³-hybridized carbons (Fsp3) is 0.158. The smallest absolute Gasteiger partial charge is 0.229 e. The van der Waals surface area contributed by atoms with E-state index in [1.807, 2.05) is 62.4 Å². The van der Waals surface area contributed by atoms with Gasteiger partial charge in [-0.15, -0.1) is 0 Å². The summed E-state index contributed by atoms with van der Waals surface area (Å²) in [6, 6.07) is 15.2. The molecule has 0 spiro atoms. The van der Waals surface area contributed by atoms with Gasteiger partial charge in [-0.25, -0.2) is 4.98 Å². The maximum absolute atomic E-state index is 6.02. The van der Waals surface area contributed by atoms with E-state index in [2.05, 4.69) is 20.6 Å². The Hall–Kier alpha value is -2.79. The van der Waals surface area contributed by atoms with E-state index in [0.717, 1.165) is 28.4 Å². The molecular formula is C19H19ClN4O. The van der Waals surface area contributed by atoms with E-state index in [9.17, 15) is 0 Å². The van der Waals surface area contributed by atoms with Crippen molar-refractivity contribution in [2.45, 2.75) is 13.8 Å². The minimum Gasteiger partial charge on any atom is -0.495 e. The third-order valence-corrected chi connectivity index (χ3v) is 3.79. The quantitative estimate of drug-likeness (QED) is 0.656. The lowest BCUT2D eigenvalue weighted by molar-refractivity contribution is 0.416. The predicted octanol–water partition coefficient (Wildman–Crippen LogP) is 5.24. The largest absolute Gasteiger partial charge is 0.495 e. The summed E-state index contributed by atoms with van der Waals surface area (Å²) >= 11 is 6.02. The zero-order chi connectivity index (χ0) is 17.8. The SMILES string of the molecule is COc1ccc(C)cc1Nc1cc(C)nc(Nc2cccc(Cl)c2)n1. The first kappa shape index (κ1) is 17.0. The Morgan fingerprint density at radius 2 is 1.80 bits per heavy atom. The molecule has 1 aromatic heterocycles. The van der Waals surface area contributed by atoms with Crippen molar-refractivity contribution in [2.75, 3.05) is 17.7 Å². The highest BCUT2D eigenvalue weighted by Crippen LogP contribution is 2.28. The zero-order valence-corrected chi connectivity index (χ0v) is 15.1. The molecule has 0 atom stereocenters. The van der Waals surface area contributed by atoms with E-state index in [1.165, 1.54) is 0 Å². The Morgan fingerprint density at radius 1 is 0.960 bits per heavy atom. The molecule has 0 aliphatic heterocycles. The Morgan fingerprint density at radius 3 is 2.56 bits per heavy atom. The number of aromatic nitrogens is 2. The van der Waals surface area contributed by atoms with Crippen LogP contribution in [0.5, 0.6) is 5.75 Å². The molecule has 0 saturated heterocycles. The Kier molecular flexibility index (Phi) is 5.05. The number of halogens is 1. The summed E-state index contributed by atoms with van der Waals surface area (Å²) in [5.74, 6) is 1.93. The van der Waals surface area contributed by atoms with Crippen molar-refractivity contribution >= 4 is 34.7 Å². The Labute approximate surface area is 152 Å². The van der Waals surface area contributed by atoms with Crippen LogP contribution in [0.15, 0.2) is 48.5 Å². The third kappa shape index (κ3) is 4.39. The van der Waals surface area contributed by atoms with Crippen LogP contribution >= 0.6 is 11.6 Å². The van der Waals surface area contributed by atoms with Gasteiger partial charge in [0.05, 0.1) is 12.8 Å². The van der Waals surface area contributed by atoms with E-state index in [0.29, 0.717) is 16.8 Å². The maximum atomic E-state index is 6.02. The van der Waals surface area contributed by atoms with Crippen molar-refractivity contribution in [1.82, 2.24) is 9.97 Å². The average Bonchev–Trinajstić information content (AvgIpc) is 2.54. The highest BCUT2D eigenvalue weighted by atomic mass is 35.5. The lowest BCUT2D eigenvalue weighted by Gasteiger charge is -2.13. The van der Waals surface area contributed by atoms with E-state index in [1.54, 1.807) is 7.11 Å². The molecular weight excluding hydrogens is 336 g/mol. The van der Waals surface area contributed by atoms with Crippen LogP contribution in [0.2, 0.25) is 5.02 Å². The van der Waals surface area contributed by atoms with Crippen LogP contribution in [0.3, 0.4) is 0 Å². The van der Waals surface area contributed by atoms with Gasteiger partial charge in [-0.2, -0.15) is 4.98 Å². The molecule has 3 rings (SSSR count). The van der Waals surface area contributed by atoms with E-state index < -0.39 is 0 Å². The average molecular weight is 355 g/mol. The van der Waals surface area contributed by atoms with Crippen LogP contribution < -0.4 is 15.4 Å². The Balaban J connectivity index is 1.88. The molecule has 0 saturated carbocycles. The second kappa shape index (κ2) is 7.40. The maximum Gasteiger partial charge on any atom is 0.229 e. The first-order valence-corrected chi connectivity index (χ1v) is 8.21. The van der Waals surface area contributed by atoms with Crippen LogP contribution in [0.4, 0.5) is 23.1 Å². The van der Waals surface area contributed by atoms with Gasteiger partial charge in [-0.1, -0.05) is 23.7 Å². The van der Waals surface area contributed by atoms with Crippen LogP contribution in [0.25, 0.3) is 0 Å². The summed E-state index contributed by atoms with van der Waals surface area (Å²) in [6.45, 7) is 3.95. The first-order valence-electron chi connectivity index (χ1n) is 7.83. The van der Waals surface area contributed by atoms with Gasteiger partial charge in [0.2, 0.25) is 5.95 Å². The number of nitrogens with zero attached hydrogens (tertiary/aromatic N) is 2. The number of methoxy groups -OCH3 is 1. The van der Waals surface area contributed by atoms with Crippen LogP contribution in [-0.2, 0) is 0 Å². The van der Waals surface area contributed by atoms with E-state index >= 15 is 0 Å². The van der Waals surface area contributed by atoms with Crippen LogP contribution in [-0.4, -0.2) is 17.1 Å². The second-order valence-electron chi connectivity index (χ2n) is 5.68. The Bertz CT molecular complexity index is 898. The van der Waals surface area contributed by atoms with Gasteiger partial charge < -0.3 is 15.4 Å². The number of ether oxygens (including phenoxy) is 1. The van der Waals surface area contributed by atoms with Crippen LogP contribution in [0.1, 0.15) is 11.3 Å². The van der Waals surface area contributed by atoms with Crippen molar-refractivity contribution in [1.29, 1.82) is 0 Å². The number of benzene rings is 2. The number of hydrogen-bond acceptors (Lipinski definition) is 5. The zero-order valence-electron chi connectivity index (χ0n) is 14.3. The molecule has 6 heteroatoms. The highest BCUT2D eigenvalue weighted by molar-refractivity contribution is 6.30. The van der Waals surface area contributed by atoms with Gasteiger partial charge in [0.1, 0.15) is 11.6 Å². The van der Waals surface area contributed by atoms with E-state index in [4.69, 9.17) is 16.3 Å². The summed E-state index contributed by atoms with van der Waals surface area (Å²) in [5, 5.41) is 7.13. The fourth-order valence-electron chi connectivity index (χ4n) is 2.44. The standard InChI is InChI=1S/C19H19ClN4O/c1-12-7-8-17(25-3)16(9-12)23-18-10-13(2)21-19(24-18)22-15-6-4-5-14(20)11-15/h4-11H,1-3H3,(H2,21,22,23,24). The number of rotatable bonds is 5. The molecule has 0 amide bonds. The highest BCUT2D eigenvalue weighted by Gasteiger charge is 2.07. The topological polar surface area (TPSA) is 59.1 Å². The monoisotopic (exact) mass is 354 g/mol. The summed E-state index contributed by atoms with van der Waals surface area (Å²) in [7, 11) is 1.65.